The van der Waals surface area contributed by atoms with Gasteiger partial charge in [-0.2, -0.15) is 4.98 Å². The molecule has 1 heterocycles. The maximum absolute atomic E-state index is 12.0. The van der Waals surface area contributed by atoms with E-state index in [1.165, 1.54) is 0 Å². The van der Waals surface area contributed by atoms with E-state index in [0.29, 0.717) is 16.5 Å². The lowest BCUT2D eigenvalue weighted by atomic mass is 10.2. The summed E-state index contributed by atoms with van der Waals surface area (Å²) in [6.45, 7) is 0. The van der Waals surface area contributed by atoms with Crippen LogP contribution in [-0.4, -0.2) is 23.2 Å². The summed E-state index contributed by atoms with van der Waals surface area (Å²) in [7, 11) is 1.60. The predicted molar refractivity (Wildman–Crippen MR) is 90.1 cm³/mol. The van der Waals surface area contributed by atoms with Crippen LogP contribution in [0.1, 0.15) is 5.89 Å². The van der Waals surface area contributed by atoms with Gasteiger partial charge in [-0.15, -0.1) is 0 Å². The van der Waals surface area contributed by atoms with Gasteiger partial charge in [0.05, 0.1) is 17.8 Å². The van der Waals surface area contributed by atoms with Crippen molar-refractivity contribution >= 4 is 23.2 Å². The Bertz CT molecular complexity index is 846. The largest absolute Gasteiger partial charge is 0.497 e. The fourth-order valence-electron chi connectivity index (χ4n) is 2.08. The van der Waals surface area contributed by atoms with Gasteiger partial charge in [0.25, 0.3) is 0 Å². The van der Waals surface area contributed by atoms with Gasteiger partial charge in [-0.25, -0.2) is 0 Å². The summed E-state index contributed by atoms with van der Waals surface area (Å²) >= 11 is 6.00. The third-order valence-electron chi connectivity index (χ3n) is 3.28. The maximum Gasteiger partial charge on any atom is 0.236 e. The van der Waals surface area contributed by atoms with Crippen molar-refractivity contribution in [1.82, 2.24) is 10.1 Å². The molecule has 0 bridgehead atoms. The predicted octanol–water partition coefficient (Wildman–Crippen LogP) is 3.58. The van der Waals surface area contributed by atoms with E-state index in [1.807, 2.05) is 12.1 Å². The molecule has 122 valence electrons. The molecule has 6 nitrogen and oxygen atoms in total. The highest BCUT2D eigenvalue weighted by molar-refractivity contribution is 6.33. The van der Waals surface area contributed by atoms with Crippen molar-refractivity contribution in [2.24, 2.45) is 0 Å². The molecule has 7 heteroatoms. The number of amides is 1. The lowest BCUT2D eigenvalue weighted by Gasteiger charge is -2.04. The Morgan fingerprint density at radius 3 is 2.67 bits per heavy atom. The smallest absolute Gasteiger partial charge is 0.236 e. The maximum atomic E-state index is 12.0. The standard InChI is InChI=1S/C17H14ClN3O3/c1-23-12-8-6-11(7-9-12)17-20-16(24-21-17)10-15(22)19-14-5-3-2-4-13(14)18/h2-9H,10H2,1H3,(H,19,22). The number of aromatic nitrogens is 2. The summed E-state index contributed by atoms with van der Waals surface area (Å²) in [5.41, 5.74) is 1.32. The highest BCUT2D eigenvalue weighted by atomic mass is 35.5. The van der Waals surface area contributed by atoms with Crippen LogP contribution < -0.4 is 10.1 Å². The summed E-state index contributed by atoms with van der Waals surface area (Å²) in [6.07, 6.45) is -0.0334. The summed E-state index contributed by atoms with van der Waals surface area (Å²) in [4.78, 5) is 16.3. The van der Waals surface area contributed by atoms with Gasteiger partial charge in [0.1, 0.15) is 12.2 Å². The van der Waals surface area contributed by atoms with Crippen molar-refractivity contribution in [3.8, 4) is 17.1 Å². The van der Waals surface area contributed by atoms with Crippen LogP contribution in [0.3, 0.4) is 0 Å². The molecular weight excluding hydrogens is 330 g/mol. The second-order valence-corrected chi connectivity index (χ2v) is 5.35. The van der Waals surface area contributed by atoms with Gasteiger partial charge in [-0.1, -0.05) is 28.9 Å². The number of hydrogen-bond donors (Lipinski definition) is 1. The lowest BCUT2D eigenvalue weighted by molar-refractivity contribution is -0.115. The fraction of sp³-hybridized carbons (Fsp3) is 0.118. The molecule has 0 unspecified atom stereocenters. The normalized spacial score (nSPS) is 10.4. The minimum Gasteiger partial charge on any atom is -0.497 e. The molecule has 0 spiro atoms. The Balaban J connectivity index is 1.67. The summed E-state index contributed by atoms with van der Waals surface area (Å²) in [6, 6.07) is 14.2. The number of anilines is 1. The molecule has 1 N–H and O–H groups in total. The van der Waals surface area contributed by atoms with E-state index in [4.69, 9.17) is 20.9 Å². The minimum atomic E-state index is -0.284. The second kappa shape index (κ2) is 7.14. The van der Waals surface area contributed by atoms with Crippen LogP contribution in [0.5, 0.6) is 5.75 Å². The van der Waals surface area contributed by atoms with Crippen molar-refractivity contribution in [2.75, 3.05) is 12.4 Å². The van der Waals surface area contributed by atoms with Crippen LogP contribution in [0, 0.1) is 0 Å². The molecule has 0 fully saturated rings. The summed E-state index contributed by atoms with van der Waals surface area (Å²) in [5.74, 6) is 1.10. The molecule has 0 saturated carbocycles. The molecule has 3 rings (SSSR count). The molecule has 1 aromatic heterocycles. The molecular formula is C17H14ClN3O3. The number of carbonyl (C=O) groups is 1. The van der Waals surface area contributed by atoms with Gasteiger partial charge < -0.3 is 14.6 Å². The molecule has 3 aromatic rings. The van der Waals surface area contributed by atoms with Crippen molar-refractivity contribution < 1.29 is 14.1 Å². The van der Waals surface area contributed by atoms with Gasteiger partial charge in [-0.05, 0) is 36.4 Å². The molecule has 0 radical (unpaired) electrons. The zero-order valence-electron chi connectivity index (χ0n) is 12.8. The zero-order valence-corrected chi connectivity index (χ0v) is 13.6. The number of nitrogens with one attached hydrogen (secondary N) is 1. The molecule has 2 aromatic carbocycles. The number of para-hydroxylation sites is 1. The van der Waals surface area contributed by atoms with Gasteiger partial charge >= 0.3 is 0 Å². The molecule has 1 amide bonds. The number of methoxy groups -OCH3 is 1. The molecule has 24 heavy (non-hydrogen) atoms. The second-order valence-electron chi connectivity index (χ2n) is 4.95. The lowest BCUT2D eigenvalue weighted by Crippen LogP contribution is -2.14. The van der Waals surface area contributed by atoms with E-state index in [0.717, 1.165) is 11.3 Å². The Labute approximate surface area is 143 Å². The third-order valence-corrected chi connectivity index (χ3v) is 3.61. The number of carbonyl (C=O) groups excluding carboxylic acids is 1. The van der Waals surface area contributed by atoms with Crippen LogP contribution in [0.15, 0.2) is 53.1 Å². The van der Waals surface area contributed by atoms with Crippen LogP contribution in [-0.2, 0) is 11.2 Å². The quantitative estimate of drug-likeness (QED) is 0.766. The van der Waals surface area contributed by atoms with Crippen LogP contribution >= 0.6 is 11.6 Å². The first kappa shape index (κ1) is 16.0. The van der Waals surface area contributed by atoms with Gasteiger partial charge in [-0.3, -0.25) is 4.79 Å². The number of hydrogen-bond acceptors (Lipinski definition) is 5. The number of halogens is 1. The van der Waals surface area contributed by atoms with E-state index in [2.05, 4.69) is 15.5 Å². The topological polar surface area (TPSA) is 77.2 Å². The van der Waals surface area contributed by atoms with E-state index in [9.17, 15) is 4.79 Å². The van der Waals surface area contributed by atoms with E-state index >= 15 is 0 Å². The van der Waals surface area contributed by atoms with E-state index < -0.39 is 0 Å². The highest BCUT2D eigenvalue weighted by Gasteiger charge is 2.13. The van der Waals surface area contributed by atoms with Crippen molar-refractivity contribution in [2.45, 2.75) is 6.42 Å². The minimum absolute atomic E-state index is 0.0334. The van der Waals surface area contributed by atoms with Gasteiger partial charge in [0, 0.05) is 5.56 Å². The summed E-state index contributed by atoms with van der Waals surface area (Å²) in [5, 5.41) is 7.06. The molecule has 0 aliphatic heterocycles. The average molecular weight is 344 g/mol. The Kier molecular flexibility index (Phi) is 4.77. The number of nitrogens with zero attached hydrogens (tertiary/aromatic N) is 2. The van der Waals surface area contributed by atoms with Crippen molar-refractivity contribution in [1.29, 1.82) is 0 Å². The number of rotatable bonds is 5. The first-order chi connectivity index (χ1) is 11.7. The van der Waals surface area contributed by atoms with Crippen LogP contribution in [0.25, 0.3) is 11.4 Å². The average Bonchev–Trinajstić information content (AvgIpc) is 3.05. The van der Waals surface area contributed by atoms with E-state index in [1.54, 1.807) is 43.5 Å². The molecule has 0 atom stereocenters. The van der Waals surface area contributed by atoms with Gasteiger partial charge in [0.2, 0.25) is 17.6 Å². The first-order valence-electron chi connectivity index (χ1n) is 7.17. The Morgan fingerprint density at radius 1 is 1.21 bits per heavy atom. The fourth-order valence-corrected chi connectivity index (χ4v) is 2.26. The number of benzene rings is 2. The highest BCUT2D eigenvalue weighted by Crippen LogP contribution is 2.22. The first-order valence-corrected chi connectivity index (χ1v) is 7.55. The SMILES string of the molecule is COc1ccc(-c2noc(CC(=O)Nc3ccccc3Cl)n2)cc1. The third kappa shape index (κ3) is 3.72. The molecule has 0 aliphatic rings. The van der Waals surface area contributed by atoms with Crippen LogP contribution in [0.2, 0.25) is 5.02 Å². The van der Waals surface area contributed by atoms with Gasteiger partial charge in [0.15, 0.2) is 0 Å². The van der Waals surface area contributed by atoms with Crippen LogP contribution in [0.4, 0.5) is 5.69 Å². The Hall–Kier alpha value is -2.86. The molecule has 0 saturated heterocycles. The zero-order chi connectivity index (χ0) is 16.9. The van der Waals surface area contributed by atoms with E-state index in [-0.39, 0.29) is 18.2 Å². The molecule has 0 aliphatic carbocycles. The number of ether oxygens (including phenoxy) is 1. The Morgan fingerprint density at radius 2 is 1.96 bits per heavy atom. The van der Waals surface area contributed by atoms with Crippen molar-refractivity contribution in [3.05, 3.63) is 59.4 Å². The van der Waals surface area contributed by atoms with Crippen molar-refractivity contribution in [3.63, 3.8) is 0 Å². The monoisotopic (exact) mass is 343 g/mol. The summed E-state index contributed by atoms with van der Waals surface area (Å²) < 4.78 is 10.2.